The minimum absolute atomic E-state index is 0.320. The lowest BCUT2D eigenvalue weighted by Gasteiger charge is -2.40. The third-order valence-corrected chi connectivity index (χ3v) is 3.62. The first kappa shape index (κ1) is 15.0. The van der Waals surface area contributed by atoms with E-state index >= 15 is 0 Å². The molecule has 0 aliphatic heterocycles. The second kappa shape index (κ2) is 5.27. The fourth-order valence-electron chi connectivity index (χ4n) is 1.56. The van der Waals surface area contributed by atoms with Crippen LogP contribution in [0.5, 0.6) is 0 Å². The van der Waals surface area contributed by atoms with Gasteiger partial charge in [-0.05, 0) is 39.8 Å². The summed E-state index contributed by atoms with van der Waals surface area (Å²) in [4.78, 5) is 16.0. The van der Waals surface area contributed by atoms with Crippen molar-refractivity contribution in [2.45, 2.75) is 33.2 Å². The first-order chi connectivity index (χ1) is 8.76. The Kier molecular flexibility index (Phi) is 4.15. The zero-order valence-electron chi connectivity index (χ0n) is 11.9. The second-order valence-electron chi connectivity index (χ2n) is 5.38. The summed E-state index contributed by atoms with van der Waals surface area (Å²) in [5, 5.41) is 12.2. The van der Waals surface area contributed by atoms with Crippen molar-refractivity contribution >= 4 is 11.8 Å². The first-order valence-electron chi connectivity index (χ1n) is 5.98. The topological polar surface area (TPSA) is 75.0 Å². The summed E-state index contributed by atoms with van der Waals surface area (Å²) in [6, 6.07) is 5.45. The molecule has 0 spiro atoms. The zero-order chi connectivity index (χ0) is 14.7. The van der Waals surface area contributed by atoms with Gasteiger partial charge in [0, 0.05) is 11.7 Å². The number of nitriles is 1. The van der Waals surface area contributed by atoms with Crippen LogP contribution in [0, 0.1) is 16.7 Å². The summed E-state index contributed by atoms with van der Waals surface area (Å²) in [5.41, 5.74) is -0.956. The van der Waals surface area contributed by atoms with E-state index in [1.807, 2.05) is 13.8 Å². The van der Waals surface area contributed by atoms with Crippen molar-refractivity contribution in [3.05, 3.63) is 23.9 Å². The van der Waals surface area contributed by atoms with Gasteiger partial charge in [-0.25, -0.2) is 4.98 Å². The van der Waals surface area contributed by atoms with E-state index in [1.165, 1.54) is 7.11 Å². The van der Waals surface area contributed by atoms with Crippen LogP contribution in [0.25, 0.3) is 0 Å². The predicted molar refractivity (Wildman–Crippen MR) is 72.5 cm³/mol. The average molecular weight is 261 g/mol. The Morgan fingerprint density at radius 2 is 2.05 bits per heavy atom. The van der Waals surface area contributed by atoms with E-state index in [0.29, 0.717) is 11.4 Å². The molecule has 5 heteroatoms. The molecule has 0 aliphatic carbocycles. The molecular weight excluding hydrogens is 242 g/mol. The van der Waals surface area contributed by atoms with Gasteiger partial charge in [0.15, 0.2) is 0 Å². The largest absolute Gasteiger partial charge is 0.469 e. The normalized spacial score (nSPS) is 11.6. The Morgan fingerprint density at radius 3 is 2.58 bits per heavy atom. The number of carbonyl (C=O) groups excluding carboxylic acids is 1. The van der Waals surface area contributed by atoms with Gasteiger partial charge in [-0.3, -0.25) is 4.79 Å². The predicted octanol–water partition coefficient (Wildman–Crippen LogP) is 2.34. The molecule has 1 aromatic heterocycles. The zero-order valence-corrected chi connectivity index (χ0v) is 11.9. The van der Waals surface area contributed by atoms with Crippen molar-refractivity contribution in [3.63, 3.8) is 0 Å². The van der Waals surface area contributed by atoms with Gasteiger partial charge in [0.2, 0.25) is 0 Å². The molecule has 0 aromatic carbocycles. The Bertz CT molecular complexity index is 516. The number of nitrogens with one attached hydrogen (secondary N) is 1. The maximum Gasteiger partial charge on any atom is 0.313 e. The molecule has 0 radical (unpaired) electrons. The highest BCUT2D eigenvalue weighted by Crippen LogP contribution is 2.34. The third kappa shape index (κ3) is 2.84. The van der Waals surface area contributed by atoms with E-state index in [2.05, 4.69) is 16.4 Å². The Labute approximate surface area is 113 Å². The van der Waals surface area contributed by atoms with Gasteiger partial charge >= 0.3 is 5.97 Å². The Balaban J connectivity index is 3.10. The third-order valence-electron chi connectivity index (χ3n) is 3.62. The number of nitrogens with zero attached hydrogens (tertiary/aromatic N) is 2. The molecule has 102 valence electrons. The van der Waals surface area contributed by atoms with Crippen molar-refractivity contribution in [2.75, 3.05) is 12.4 Å². The Morgan fingerprint density at radius 1 is 1.42 bits per heavy atom. The maximum absolute atomic E-state index is 11.9. The van der Waals surface area contributed by atoms with Gasteiger partial charge in [0.1, 0.15) is 11.9 Å². The van der Waals surface area contributed by atoms with Gasteiger partial charge in [-0.2, -0.15) is 5.26 Å². The van der Waals surface area contributed by atoms with Crippen LogP contribution in [0.3, 0.4) is 0 Å². The number of carbonyl (C=O) groups is 1. The van der Waals surface area contributed by atoms with E-state index in [4.69, 9.17) is 10.00 Å². The van der Waals surface area contributed by atoms with Crippen molar-refractivity contribution in [1.82, 2.24) is 4.98 Å². The lowest BCUT2D eigenvalue weighted by Crippen LogP contribution is -2.51. The molecule has 5 nitrogen and oxygen atoms in total. The lowest BCUT2D eigenvalue weighted by atomic mass is 9.74. The molecule has 1 rings (SSSR count). The van der Waals surface area contributed by atoms with Crippen LogP contribution in [0.2, 0.25) is 0 Å². The van der Waals surface area contributed by atoms with E-state index in [-0.39, 0.29) is 5.97 Å². The second-order valence-corrected chi connectivity index (χ2v) is 5.38. The quantitative estimate of drug-likeness (QED) is 0.842. The number of hydrogen-bond donors (Lipinski definition) is 1. The van der Waals surface area contributed by atoms with Crippen molar-refractivity contribution in [1.29, 1.82) is 5.26 Å². The van der Waals surface area contributed by atoms with Crippen LogP contribution in [0.1, 0.15) is 33.3 Å². The van der Waals surface area contributed by atoms with Gasteiger partial charge in [-0.15, -0.1) is 0 Å². The van der Waals surface area contributed by atoms with Gasteiger partial charge in [0.25, 0.3) is 0 Å². The van der Waals surface area contributed by atoms with Crippen molar-refractivity contribution < 1.29 is 9.53 Å². The molecule has 0 saturated heterocycles. The fraction of sp³-hybridized carbons (Fsp3) is 0.500. The standard InChI is InChI=1S/C14H19N3O2/c1-13(2,12(18)19-5)14(3,4)17-11-10(9-15)7-6-8-16-11/h6-8H,1-5H3,(H,16,17). The average Bonchev–Trinajstić information content (AvgIpc) is 2.37. The molecule has 1 heterocycles. The summed E-state index contributed by atoms with van der Waals surface area (Å²) in [6.45, 7) is 7.33. The van der Waals surface area contributed by atoms with Crippen LogP contribution in [-0.2, 0) is 9.53 Å². The van der Waals surface area contributed by atoms with Crippen molar-refractivity contribution in [2.24, 2.45) is 5.41 Å². The summed E-state index contributed by atoms with van der Waals surface area (Å²) in [6.07, 6.45) is 1.60. The Hall–Kier alpha value is -2.09. The van der Waals surface area contributed by atoms with Gasteiger partial charge in [-0.1, -0.05) is 0 Å². The summed E-state index contributed by atoms with van der Waals surface area (Å²) >= 11 is 0. The van der Waals surface area contributed by atoms with Gasteiger partial charge < -0.3 is 10.1 Å². The number of hydrogen-bond acceptors (Lipinski definition) is 5. The summed E-state index contributed by atoms with van der Waals surface area (Å²) in [5.74, 6) is 0.145. The van der Waals surface area contributed by atoms with E-state index in [0.717, 1.165) is 0 Å². The highest BCUT2D eigenvalue weighted by atomic mass is 16.5. The lowest BCUT2D eigenvalue weighted by molar-refractivity contribution is -0.153. The molecule has 0 bridgehead atoms. The van der Waals surface area contributed by atoms with Crippen LogP contribution >= 0.6 is 0 Å². The fourth-order valence-corrected chi connectivity index (χ4v) is 1.56. The maximum atomic E-state index is 11.9. The number of anilines is 1. The first-order valence-corrected chi connectivity index (χ1v) is 5.98. The molecule has 19 heavy (non-hydrogen) atoms. The van der Waals surface area contributed by atoms with E-state index in [1.54, 1.807) is 32.2 Å². The monoisotopic (exact) mass is 261 g/mol. The van der Waals surface area contributed by atoms with Gasteiger partial charge in [0.05, 0.1) is 18.1 Å². The number of aromatic nitrogens is 1. The highest BCUT2D eigenvalue weighted by molar-refractivity contribution is 5.78. The molecule has 0 amide bonds. The number of esters is 1. The molecule has 1 N–H and O–H groups in total. The molecule has 1 aromatic rings. The highest BCUT2D eigenvalue weighted by Gasteiger charge is 2.44. The number of rotatable bonds is 4. The van der Waals surface area contributed by atoms with Crippen LogP contribution in [-0.4, -0.2) is 23.6 Å². The minimum Gasteiger partial charge on any atom is -0.469 e. The number of ether oxygens (including phenoxy) is 1. The van der Waals surface area contributed by atoms with Crippen molar-refractivity contribution in [3.8, 4) is 6.07 Å². The van der Waals surface area contributed by atoms with Crippen LogP contribution in [0.15, 0.2) is 18.3 Å². The molecule has 0 saturated carbocycles. The SMILES string of the molecule is COC(=O)C(C)(C)C(C)(C)Nc1ncccc1C#N. The minimum atomic E-state index is -0.772. The van der Waals surface area contributed by atoms with E-state index < -0.39 is 11.0 Å². The summed E-state index contributed by atoms with van der Waals surface area (Å²) < 4.78 is 4.83. The van der Waals surface area contributed by atoms with Crippen LogP contribution < -0.4 is 5.32 Å². The smallest absolute Gasteiger partial charge is 0.313 e. The number of pyridine rings is 1. The molecular formula is C14H19N3O2. The molecule has 0 unspecified atom stereocenters. The summed E-state index contributed by atoms with van der Waals surface area (Å²) in [7, 11) is 1.36. The van der Waals surface area contributed by atoms with E-state index in [9.17, 15) is 4.79 Å². The van der Waals surface area contributed by atoms with Crippen LogP contribution in [0.4, 0.5) is 5.82 Å². The molecule has 0 atom stereocenters. The molecule has 0 fully saturated rings. The number of methoxy groups -OCH3 is 1. The molecule has 0 aliphatic rings.